The fraction of sp³-hybridized carbons (Fsp3) is 0.386. The van der Waals surface area contributed by atoms with E-state index in [9.17, 15) is 28.4 Å². The molecule has 2 saturated heterocycles. The van der Waals surface area contributed by atoms with Crippen molar-refractivity contribution in [2.75, 3.05) is 11.5 Å². The molecule has 15 heteroatoms. The van der Waals surface area contributed by atoms with Gasteiger partial charge < -0.3 is 37.7 Å². The molecule has 0 N–H and O–H groups in total. The summed E-state index contributed by atoms with van der Waals surface area (Å²) in [5.74, 6) is -2.96. The van der Waals surface area contributed by atoms with Crippen LogP contribution in [0.15, 0.2) is 127 Å². The first-order valence-corrected chi connectivity index (χ1v) is 27.1. The van der Waals surface area contributed by atoms with Gasteiger partial charge in [0.15, 0.2) is 26.6 Å². The van der Waals surface area contributed by atoms with Gasteiger partial charge in [0.05, 0.1) is 18.1 Å². The molecule has 1 unspecified atom stereocenters. The van der Waals surface area contributed by atoms with E-state index in [0.717, 1.165) is 33.5 Å². The van der Waals surface area contributed by atoms with Crippen molar-refractivity contribution in [1.29, 1.82) is 0 Å². The van der Waals surface area contributed by atoms with Crippen LogP contribution >= 0.6 is 0 Å². The second-order valence-electron chi connectivity index (χ2n) is 19.9. The number of esters is 4. The largest absolute Gasteiger partial charge is 0.489 e. The minimum Gasteiger partial charge on any atom is -0.489 e. The third-order valence-electron chi connectivity index (χ3n) is 13.6. The second-order valence-corrected chi connectivity index (χ2v) is 24.6. The predicted octanol–water partition coefficient (Wildman–Crippen LogP) is 11.1. The first kappa shape index (κ1) is 53.1. The van der Waals surface area contributed by atoms with Gasteiger partial charge in [0, 0.05) is 38.9 Å². The number of hydrogen-bond donors (Lipinski definition) is 0. The Morgan fingerprint density at radius 2 is 1.29 bits per heavy atom. The van der Waals surface area contributed by atoms with Gasteiger partial charge in [-0.05, 0) is 89.1 Å². The molecular formula is C57H64FNO12Si. The molecule has 13 nitrogen and oxygen atoms in total. The molecule has 7 rings (SSSR count). The van der Waals surface area contributed by atoms with Crippen LogP contribution < -0.4 is 9.64 Å². The minimum absolute atomic E-state index is 0.0211. The summed E-state index contributed by atoms with van der Waals surface area (Å²) in [6, 6.07) is 38.7. The van der Waals surface area contributed by atoms with Gasteiger partial charge in [0.1, 0.15) is 37.0 Å². The highest BCUT2D eigenvalue weighted by Gasteiger charge is 2.53. The summed E-state index contributed by atoms with van der Waals surface area (Å²) in [6.45, 7) is 15.6. The highest BCUT2D eigenvalue weighted by molar-refractivity contribution is 6.74. The molecule has 0 spiro atoms. The number of carbonyl (C=O) groups excluding carboxylic acids is 5. The third kappa shape index (κ3) is 12.7. The van der Waals surface area contributed by atoms with Crippen LogP contribution in [0.2, 0.25) is 18.1 Å². The predicted molar refractivity (Wildman–Crippen MR) is 270 cm³/mol. The molecule has 2 aliphatic rings. The summed E-state index contributed by atoms with van der Waals surface area (Å²) in [5.41, 5.74) is 5.50. The van der Waals surface area contributed by atoms with E-state index in [-0.39, 0.29) is 36.1 Å². The number of anilines is 1. The van der Waals surface area contributed by atoms with Crippen molar-refractivity contribution >= 4 is 43.8 Å². The maximum atomic E-state index is 14.5. The molecule has 8 atom stereocenters. The molecule has 2 fully saturated rings. The van der Waals surface area contributed by atoms with Gasteiger partial charge in [-0.25, -0.2) is 4.39 Å². The topological polar surface area (TPSA) is 153 Å². The lowest BCUT2D eigenvalue weighted by Gasteiger charge is -2.48. The summed E-state index contributed by atoms with van der Waals surface area (Å²) in [5, 5.41) is -0.0903. The molecular weight excluding hydrogens is 938 g/mol. The zero-order valence-electron chi connectivity index (χ0n) is 42.3. The zero-order valence-corrected chi connectivity index (χ0v) is 43.3. The van der Waals surface area contributed by atoms with Crippen LogP contribution in [-0.4, -0.2) is 69.1 Å². The first-order valence-electron chi connectivity index (χ1n) is 24.2. The van der Waals surface area contributed by atoms with Gasteiger partial charge in [-0.2, -0.15) is 0 Å². The zero-order chi connectivity index (χ0) is 51.9. The van der Waals surface area contributed by atoms with E-state index in [4.69, 9.17) is 32.8 Å². The minimum atomic E-state index is -2.32. The van der Waals surface area contributed by atoms with Gasteiger partial charge >= 0.3 is 23.9 Å². The standard InChI is InChI=1S/C57H64FNO12Si/c1-35(60)65-34-50-53(67-36(2)61)55(69-38(4)63)54(68-37(3)62)52(70-50)42-22-20-40(21-23-42)43-26-29-46(49(32-43)66-33-39-16-12-10-13-17-39)51-47(56(64)59(51)45-18-14-11-15-19-45)30-31-48(41-24-27-44(58)28-25-41)71-72(8,9)57(5,6)7/h10-29,32,47-48,50-55H,30-31,33-34H2,1-9H3/t47-,48+,50-,51-,52?,53-,54+,55+/m1/s1. The number of ether oxygens (including phenoxy) is 6. The lowest BCUT2D eigenvalue weighted by atomic mass is 9.77. The van der Waals surface area contributed by atoms with Crippen molar-refractivity contribution in [1.82, 2.24) is 0 Å². The summed E-state index contributed by atoms with van der Waals surface area (Å²) in [6.07, 6.45) is -5.37. The van der Waals surface area contributed by atoms with E-state index >= 15 is 0 Å². The Labute approximate surface area is 422 Å². The lowest BCUT2D eigenvalue weighted by molar-refractivity contribution is -0.254. The average Bonchev–Trinajstić information content (AvgIpc) is 3.33. The molecule has 5 aromatic rings. The molecule has 380 valence electrons. The van der Waals surface area contributed by atoms with Gasteiger partial charge in [0.25, 0.3) is 0 Å². The fourth-order valence-corrected chi connectivity index (χ4v) is 10.4. The van der Waals surface area contributed by atoms with Crippen LogP contribution in [0.3, 0.4) is 0 Å². The summed E-state index contributed by atoms with van der Waals surface area (Å²) < 4.78 is 56.7. The Morgan fingerprint density at radius 3 is 1.89 bits per heavy atom. The normalized spacial score (nSPS) is 21.4. The summed E-state index contributed by atoms with van der Waals surface area (Å²) in [7, 11) is -2.32. The molecule has 1 amide bonds. The average molecular weight is 1000 g/mol. The maximum absolute atomic E-state index is 14.5. The van der Waals surface area contributed by atoms with Crippen molar-refractivity contribution < 1.29 is 61.2 Å². The van der Waals surface area contributed by atoms with Crippen LogP contribution in [0.25, 0.3) is 11.1 Å². The number of nitrogens with zero attached hydrogens (tertiary/aromatic N) is 1. The number of halogens is 1. The number of hydrogen-bond acceptors (Lipinski definition) is 12. The van der Waals surface area contributed by atoms with Crippen LogP contribution in [0.5, 0.6) is 5.75 Å². The van der Waals surface area contributed by atoms with Crippen LogP contribution in [0.1, 0.15) is 102 Å². The van der Waals surface area contributed by atoms with Crippen molar-refractivity contribution in [2.45, 2.75) is 129 Å². The molecule has 0 bridgehead atoms. The molecule has 0 aliphatic carbocycles. The monoisotopic (exact) mass is 1000 g/mol. The Hall–Kier alpha value is -6.68. The number of para-hydroxylation sites is 1. The van der Waals surface area contributed by atoms with Crippen molar-refractivity contribution in [2.24, 2.45) is 5.92 Å². The van der Waals surface area contributed by atoms with Gasteiger partial charge in [-0.3, -0.25) is 24.0 Å². The van der Waals surface area contributed by atoms with Crippen LogP contribution in [0.4, 0.5) is 10.1 Å². The molecule has 72 heavy (non-hydrogen) atoms. The highest BCUT2D eigenvalue weighted by Crippen LogP contribution is 2.51. The number of amides is 1. The Bertz CT molecular complexity index is 2690. The quantitative estimate of drug-likeness (QED) is 0.0355. The molecule has 0 radical (unpaired) electrons. The number of rotatable bonds is 18. The Morgan fingerprint density at radius 1 is 0.708 bits per heavy atom. The molecule has 2 heterocycles. The van der Waals surface area contributed by atoms with Gasteiger partial charge in [-0.1, -0.05) is 118 Å². The Kier molecular flexibility index (Phi) is 16.8. The second kappa shape index (κ2) is 22.8. The Balaban J connectivity index is 1.25. The van der Waals surface area contributed by atoms with Gasteiger partial charge in [0.2, 0.25) is 5.91 Å². The smallest absolute Gasteiger partial charge is 0.303 e. The third-order valence-corrected chi connectivity index (χ3v) is 18.1. The van der Waals surface area contributed by atoms with E-state index in [1.54, 1.807) is 24.3 Å². The SMILES string of the molecule is CC(=O)OC[C@H]1OC(c2ccc(-c3ccc([C@@H]4[C@@H](CC[C@H](O[Si](C)(C)C(C)(C)C)c5ccc(F)cc5)C(=O)N4c4ccccc4)c(OCc4ccccc4)c3)cc2)[C@H](OC(C)=O)[C@@H](OC(C)=O)[C@@H]1OC(C)=O. The van der Waals surface area contributed by atoms with E-state index < -0.39 is 74.7 Å². The number of carbonyl (C=O) groups is 5. The van der Waals surface area contributed by atoms with Crippen LogP contribution in [0, 0.1) is 11.7 Å². The van der Waals surface area contributed by atoms with E-state index in [1.807, 2.05) is 95.9 Å². The molecule has 2 aliphatic heterocycles. The fourth-order valence-electron chi connectivity index (χ4n) is 9.08. The van der Waals surface area contributed by atoms with Crippen molar-refractivity contribution in [3.63, 3.8) is 0 Å². The molecule has 0 saturated carbocycles. The lowest BCUT2D eigenvalue weighted by Crippen LogP contribution is -2.59. The first-order chi connectivity index (χ1) is 34.2. The summed E-state index contributed by atoms with van der Waals surface area (Å²) in [4.78, 5) is 65.7. The summed E-state index contributed by atoms with van der Waals surface area (Å²) >= 11 is 0. The van der Waals surface area contributed by atoms with Gasteiger partial charge in [-0.15, -0.1) is 0 Å². The number of β-lactam (4-membered cyclic amide) rings is 1. The van der Waals surface area contributed by atoms with Crippen molar-refractivity contribution in [3.05, 3.63) is 155 Å². The maximum Gasteiger partial charge on any atom is 0.303 e. The van der Waals surface area contributed by atoms with Crippen LogP contribution in [-0.2, 0) is 58.7 Å². The molecule has 0 aromatic heterocycles. The van der Waals surface area contributed by atoms with E-state index in [0.29, 0.717) is 24.2 Å². The van der Waals surface area contributed by atoms with E-state index in [2.05, 4.69) is 33.9 Å². The van der Waals surface area contributed by atoms with E-state index in [1.165, 1.54) is 39.8 Å². The molecule has 5 aromatic carbocycles. The highest BCUT2D eigenvalue weighted by atomic mass is 28.4. The number of benzene rings is 5. The van der Waals surface area contributed by atoms with Crippen molar-refractivity contribution in [3.8, 4) is 16.9 Å².